The number of nitrogens with zero attached hydrogens (tertiary/aromatic N) is 2. The Kier molecular flexibility index (Phi) is 4.86. The number of carbonyl (C=O) groups excluding carboxylic acids is 1. The van der Waals surface area contributed by atoms with Gasteiger partial charge < -0.3 is 10.6 Å². The van der Waals surface area contributed by atoms with Crippen molar-refractivity contribution in [3.63, 3.8) is 0 Å². The molecule has 0 aliphatic carbocycles. The van der Waals surface area contributed by atoms with Crippen molar-refractivity contribution in [2.24, 2.45) is 0 Å². The van der Waals surface area contributed by atoms with E-state index in [9.17, 15) is 4.79 Å². The number of nitrogens with one attached hydrogen (secondary N) is 2. The number of halogens is 1. The summed E-state index contributed by atoms with van der Waals surface area (Å²) in [6.45, 7) is 1.76. The van der Waals surface area contributed by atoms with E-state index in [4.69, 9.17) is 0 Å². The van der Waals surface area contributed by atoms with Crippen molar-refractivity contribution in [3.05, 3.63) is 76.7 Å². The largest absolute Gasteiger partial charge is 0.340 e. The second-order valence-electron chi connectivity index (χ2n) is 5.14. The lowest BCUT2D eigenvalue weighted by Crippen LogP contribution is -2.15. The first-order chi connectivity index (χ1) is 11.6. The minimum absolute atomic E-state index is 0.283. The zero-order valence-corrected chi connectivity index (χ0v) is 14.5. The molecule has 0 fully saturated rings. The Bertz CT molecular complexity index is 868. The van der Waals surface area contributed by atoms with Crippen LogP contribution in [-0.2, 0) is 0 Å². The Labute approximate surface area is 148 Å². The number of hydrogen-bond acceptors (Lipinski definition) is 4. The molecule has 2 aromatic carbocycles. The summed E-state index contributed by atoms with van der Waals surface area (Å²) in [6, 6.07) is 18.7. The molecule has 0 aliphatic heterocycles. The highest BCUT2D eigenvalue weighted by Gasteiger charge is 2.11. The highest BCUT2D eigenvalue weighted by atomic mass is 79.9. The van der Waals surface area contributed by atoms with Crippen LogP contribution in [0, 0.1) is 6.92 Å². The summed E-state index contributed by atoms with van der Waals surface area (Å²) in [7, 11) is 0. The molecule has 2 N–H and O–H groups in total. The highest BCUT2D eigenvalue weighted by molar-refractivity contribution is 9.10. The number of aryl methyl sites for hydroxylation is 1. The standard InChI is InChI=1S/C18H15BrN4O/c1-12-20-16(18(24)23-15-9-5-6-13(19)10-15)11-17(21-12)22-14-7-3-2-4-8-14/h2-11H,1H3,(H,23,24)(H,20,21,22). The Morgan fingerprint density at radius 1 is 0.958 bits per heavy atom. The van der Waals surface area contributed by atoms with Crippen LogP contribution in [0.3, 0.4) is 0 Å². The van der Waals surface area contributed by atoms with E-state index in [1.165, 1.54) is 0 Å². The number of benzene rings is 2. The summed E-state index contributed by atoms with van der Waals surface area (Å²) in [6.07, 6.45) is 0. The van der Waals surface area contributed by atoms with Gasteiger partial charge in [-0.2, -0.15) is 0 Å². The molecular weight excluding hydrogens is 368 g/mol. The summed E-state index contributed by atoms with van der Waals surface area (Å²) >= 11 is 3.38. The van der Waals surface area contributed by atoms with Crippen LogP contribution in [0.4, 0.5) is 17.2 Å². The Morgan fingerprint density at radius 3 is 2.46 bits per heavy atom. The van der Waals surface area contributed by atoms with E-state index in [1.807, 2.05) is 54.6 Å². The van der Waals surface area contributed by atoms with Gasteiger partial charge in [-0.15, -0.1) is 0 Å². The maximum atomic E-state index is 12.4. The van der Waals surface area contributed by atoms with Crippen LogP contribution in [0.1, 0.15) is 16.3 Å². The third kappa shape index (κ3) is 4.17. The minimum atomic E-state index is -0.283. The third-order valence-corrected chi connectivity index (χ3v) is 3.69. The first kappa shape index (κ1) is 16.1. The number of para-hydroxylation sites is 1. The van der Waals surface area contributed by atoms with Crippen LogP contribution in [0.15, 0.2) is 65.1 Å². The van der Waals surface area contributed by atoms with Crippen molar-refractivity contribution in [3.8, 4) is 0 Å². The molecule has 0 spiro atoms. The van der Waals surface area contributed by atoms with E-state index in [1.54, 1.807) is 13.0 Å². The van der Waals surface area contributed by atoms with Crippen LogP contribution < -0.4 is 10.6 Å². The molecule has 120 valence electrons. The molecule has 6 heteroatoms. The average Bonchev–Trinajstić information content (AvgIpc) is 2.55. The predicted octanol–water partition coefficient (Wildman–Crippen LogP) is 4.54. The van der Waals surface area contributed by atoms with Crippen LogP contribution in [-0.4, -0.2) is 15.9 Å². The first-order valence-corrected chi connectivity index (χ1v) is 8.14. The molecule has 3 rings (SSSR count). The van der Waals surface area contributed by atoms with Gasteiger partial charge in [-0.25, -0.2) is 9.97 Å². The maximum absolute atomic E-state index is 12.4. The summed E-state index contributed by atoms with van der Waals surface area (Å²) in [5.74, 6) is 0.818. The van der Waals surface area contributed by atoms with E-state index in [0.717, 1.165) is 10.2 Å². The molecule has 1 aromatic heterocycles. The van der Waals surface area contributed by atoms with Crippen molar-refractivity contribution in [1.29, 1.82) is 0 Å². The fourth-order valence-electron chi connectivity index (χ4n) is 2.18. The molecule has 0 aliphatic rings. The lowest BCUT2D eigenvalue weighted by Gasteiger charge is -2.09. The molecule has 0 atom stereocenters. The topological polar surface area (TPSA) is 66.9 Å². The zero-order chi connectivity index (χ0) is 16.9. The minimum Gasteiger partial charge on any atom is -0.340 e. The van der Waals surface area contributed by atoms with Gasteiger partial charge in [-0.3, -0.25) is 4.79 Å². The SMILES string of the molecule is Cc1nc(Nc2ccccc2)cc(C(=O)Nc2cccc(Br)c2)n1. The molecular formula is C18H15BrN4O. The molecule has 0 unspecified atom stereocenters. The molecule has 0 saturated heterocycles. The first-order valence-electron chi connectivity index (χ1n) is 7.35. The molecule has 0 bridgehead atoms. The van der Waals surface area contributed by atoms with Crippen LogP contribution in [0.2, 0.25) is 0 Å². The average molecular weight is 383 g/mol. The van der Waals surface area contributed by atoms with Gasteiger partial charge in [-0.1, -0.05) is 40.2 Å². The number of rotatable bonds is 4. The lowest BCUT2D eigenvalue weighted by molar-refractivity contribution is 0.102. The van der Waals surface area contributed by atoms with E-state index < -0.39 is 0 Å². The van der Waals surface area contributed by atoms with Gasteiger partial charge in [-0.05, 0) is 37.3 Å². The second kappa shape index (κ2) is 7.23. The Morgan fingerprint density at radius 2 is 1.71 bits per heavy atom. The monoisotopic (exact) mass is 382 g/mol. The van der Waals surface area contributed by atoms with Gasteiger partial charge in [0.25, 0.3) is 5.91 Å². The summed E-state index contributed by atoms with van der Waals surface area (Å²) in [4.78, 5) is 21.0. The van der Waals surface area contributed by atoms with E-state index >= 15 is 0 Å². The quantitative estimate of drug-likeness (QED) is 0.694. The van der Waals surface area contributed by atoms with Crippen molar-refractivity contribution in [2.75, 3.05) is 10.6 Å². The van der Waals surface area contributed by atoms with Gasteiger partial charge in [0.15, 0.2) is 0 Å². The molecule has 1 amide bonds. The fourth-order valence-corrected chi connectivity index (χ4v) is 2.58. The van der Waals surface area contributed by atoms with Gasteiger partial charge in [0.2, 0.25) is 0 Å². The lowest BCUT2D eigenvalue weighted by atomic mass is 10.3. The predicted molar refractivity (Wildman–Crippen MR) is 98.6 cm³/mol. The molecule has 5 nitrogen and oxygen atoms in total. The number of anilines is 3. The summed E-state index contributed by atoms with van der Waals surface area (Å²) in [5.41, 5.74) is 1.90. The van der Waals surface area contributed by atoms with Crippen molar-refractivity contribution in [2.45, 2.75) is 6.92 Å². The number of hydrogen-bond donors (Lipinski definition) is 2. The number of aromatic nitrogens is 2. The normalized spacial score (nSPS) is 10.2. The fraction of sp³-hybridized carbons (Fsp3) is 0.0556. The summed E-state index contributed by atoms with van der Waals surface area (Å²) in [5, 5.41) is 6.00. The summed E-state index contributed by atoms with van der Waals surface area (Å²) < 4.78 is 0.894. The molecule has 3 aromatic rings. The maximum Gasteiger partial charge on any atom is 0.274 e. The Hall–Kier alpha value is -2.73. The molecule has 0 radical (unpaired) electrons. The number of carbonyl (C=O) groups is 1. The molecule has 24 heavy (non-hydrogen) atoms. The zero-order valence-electron chi connectivity index (χ0n) is 13.0. The van der Waals surface area contributed by atoms with Crippen molar-refractivity contribution >= 4 is 39.0 Å². The van der Waals surface area contributed by atoms with Crippen molar-refractivity contribution in [1.82, 2.24) is 9.97 Å². The molecule has 1 heterocycles. The van der Waals surface area contributed by atoms with Crippen LogP contribution in [0.5, 0.6) is 0 Å². The van der Waals surface area contributed by atoms with E-state index in [0.29, 0.717) is 23.0 Å². The smallest absolute Gasteiger partial charge is 0.274 e. The van der Waals surface area contributed by atoms with Crippen molar-refractivity contribution < 1.29 is 4.79 Å². The second-order valence-corrected chi connectivity index (χ2v) is 6.06. The molecule has 0 saturated carbocycles. The van der Waals surface area contributed by atoms with Gasteiger partial charge in [0, 0.05) is 21.9 Å². The van der Waals surface area contributed by atoms with E-state index in [-0.39, 0.29) is 5.91 Å². The van der Waals surface area contributed by atoms with Crippen LogP contribution >= 0.6 is 15.9 Å². The van der Waals surface area contributed by atoms with Gasteiger partial charge >= 0.3 is 0 Å². The number of amides is 1. The van der Waals surface area contributed by atoms with Gasteiger partial charge in [0.1, 0.15) is 17.3 Å². The Balaban J connectivity index is 1.81. The third-order valence-electron chi connectivity index (χ3n) is 3.20. The van der Waals surface area contributed by atoms with Gasteiger partial charge in [0.05, 0.1) is 0 Å². The highest BCUT2D eigenvalue weighted by Crippen LogP contribution is 2.18. The van der Waals surface area contributed by atoms with E-state index in [2.05, 4.69) is 36.5 Å². The van der Waals surface area contributed by atoms with Crippen LogP contribution in [0.25, 0.3) is 0 Å².